The third-order valence-electron chi connectivity index (χ3n) is 3.01. The van der Waals surface area contributed by atoms with E-state index in [1.54, 1.807) is 54.9 Å². The summed E-state index contributed by atoms with van der Waals surface area (Å²) in [7, 11) is 0. The Balaban J connectivity index is 1.77. The van der Waals surface area contributed by atoms with Gasteiger partial charge in [-0.1, -0.05) is 18.7 Å². The van der Waals surface area contributed by atoms with Gasteiger partial charge in [-0.3, -0.25) is 14.6 Å². The number of rotatable bonds is 7. The Kier molecular flexibility index (Phi) is 6.87. The van der Waals surface area contributed by atoms with E-state index in [0.717, 1.165) is 11.1 Å². The first-order chi connectivity index (χ1) is 12.2. The molecule has 1 aromatic carbocycles. The molecule has 7 nitrogen and oxygen atoms in total. The van der Waals surface area contributed by atoms with E-state index in [-0.39, 0.29) is 6.54 Å². The van der Waals surface area contributed by atoms with Crippen molar-refractivity contribution in [3.05, 3.63) is 72.6 Å². The molecule has 7 heteroatoms. The lowest BCUT2D eigenvalue weighted by Gasteiger charge is -2.04. The second-order valence-electron chi connectivity index (χ2n) is 4.91. The molecule has 0 aliphatic carbocycles. The number of aromatic nitrogens is 1. The van der Waals surface area contributed by atoms with Crippen molar-refractivity contribution in [3.63, 3.8) is 0 Å². The van der Waals surface area contributed by atoms with Crippen LogP contribution in [0, 0.1) is 0 Å². The summed E-state index contributed by atoms with van der Waals surface area (Å²) in [5.41, 5.74) is 3.72. The molecule has 2 rings (SSSR count). The van der Waals surface area contributed by atoms with Crippen LogP contribution < -0.4 is 15.5 Å². The molecule has 0 bridgehead atoms. The maximum atomic E-state index is 11.7. The van der Waals surface area contributed by atoms with Gasteiger partial charge in [-0.2, -0.15) is 5.10 Å². The summed E-state index contributed by atoms with van der Waals surface area (Å²) in [5.74, 6) is -0.906. The first kappa shape index (κ1) is 17.9. The van der Waals surface area contributed by atoms with Crippen LogP contribution in [0.1, 0.15) is 11.1 Å². The number of amides is 2. The van der Waals surface area contributed by atoms with E-state index in [4.69, 9.17) is 4.74 Å². The lowest BCUT2D eigenvalue weighted by Crippen LogP contribution is -2.37. The zero-order valence-electron chi connectivity index (χ0n) is 13.5. The van der Waals surface area contributed by atoms with Crippen LogP contribution in [0.3, 0.4) is 0 Å². The molecule has 1 heterocycles. The van der Waals surface area contributed by atoms with Crippen molar-refractivity contribution in [1.29, 1.82) is 0 Å². The van der Waals surface area contributed by atoms with Crippen molar-refractivity contribution in [1.82, 2.24) is 15.7 Å². The molecule has 0 spiro atoms. The summed E-state index contributed by atoms with van der Waals surface area (Å²) in [5, 5.41) is 6.24. The minimum atomic E-state index is -0.842. The highest BCUT2D eigenvalue weighted by molar-refractivity contribution is 6.35. The third-order valence-corrected chi connectivity index (χ3v) is 3.01. The smallest absolute Gasteiger partial charge is 0.329 e. The summed E-state index contributed by atoms with van der Waals surface area (Å²) in [6, 6.07) is 10.6. The Morgan fingerprint density at radius 1 is 1.20 bits per heavy atom. The molecule has 0 atom stereocenters. The fourth-order valence-electron chi connectivity index (χ4n) is 1.79. The summed E-state index contributed by atoms with van der Waals surface area (Å²) in [4.78, 5) is 27.2. The average molecular weight is 338 g/mol. The lowest BCUT2D eigenvalue weighted by molar-refractivity contribution is -0.139. The van der Waals surface area contributed by atoms with Crippen LogP contribution in [0.25, 0.3) is 0 Å². The van der Waals surface area contributed by atoms with Gasteiger partial charge in [0.15, 0.2) is 0 Å². The van der Waals surface area contributed by atoms with Gasteiger partial charge in [0.05, 0.1) is 6.21 Å². The zero-order chi connectivity index (χ0) is 17.9. The second-order valence-corrected chi connectivity index (χ2v) is 4.91. The zero-order valence-corrected chi connectivity index (χ0v) is 13.5. The Labute approximate surface area is 145 Å². The van der Waals surface area contributed by atoms with Crippen LogP contribution in [-0.2, 0) is 16.1 Å². The van der Waals surface area contributed by atoms with E-state index in [0.29, 0.717) is 12.4 Å². The van der Waals surface area contributed by atoms with Crippen molar-refractivity contribution in [2.24, 2.45) is 5.10 Å². The van der Waals surface area contributed by atoms with Crippen LogP contribution in [-0.4, -0.2) is 29.6 Å². The number of carbonyl (C=O) groups excluding carboxylic acids is 2. The highest BCUT2D eigenvalue weighted by atomic mass is 16.5. The largest absolute Gasteiger partial charge is 0.490 e. The van der Waals surface area contributed by atoms with E-state index in [9.17, 15) is 9.59 Å². The summed E-state index contributed by atoms with van der Waals surface area (Å²) >= 11 is 0. The molecular formula is C18H18N4O3. The molecule has 0 aliphatic heterocycles. The molecule has 25 heavy (non-hydrogen) atoms. The Morgan fingerprint density at radius 3 is 2.68 bits per heavy atom. The van der Waals surface area contributed by atoms with Crippen LogP contribution in [0.15, 0.2) is 66.5 Å². The highest BCUT2D eigenvalue weighted by Crippen LogP contribution is 2.10. The van der Waals surface area contributed by atoms with Crippen LogP contribution >= 0.6 is 0 Å². The molecule has 2 amide bonds. The monoisotopic (exact) mass is 338 g/mol. The van der Waals surface area contributed by atoms with Gasteiger partial charge in [0.2, 0.25) is 0 Å². The van der Waals surface area contributed by atoms with Crippen LogP contribution in [0.2, 0.25) is 0 Å². The van der Waals surface area contributed by atoms with E-state index in [1.807, 2.05) is 0 Å². The number of benzene rings is 1. The molecule has 0 saturated heterocycles. The number of nitrogens with zero attached hydrogens (tertiary/aromatic N) is 2. The van der Waals surface area contributed by atoms with Gasteiger partial charge in [0, 0.05) is 18.9 Å². The van der Waals surface area contributed by atoms with Crippen LogP contribution in [0.4, 0.5) is 0 Å². The first-order valence-corrected chi connectivity index (χ1v) is 7.53. The molecule has 0 unspecified atom stereocenters. The van der Waals surface area contributed by atoms with E-state index >= 15 is 0 Å². The number of ether oxygens (including phenoxy) is 1. The predicted molar refractivity (Wildman–Crippen MR) is 94.0 cm³/mol. The summed E-state index contributed by atoms with van der Waals surface area (Å²) < 4.78 is 5.36. The maximum Gasteiger partial charge on any atom is 0.329 e. The van der Waals surface area contributed by atoms with Crippen molar-refractivity contribution in [3.8, 4) is 5.75 Å². The minimum Gasteiger partial charge on any atom is -0.490 e. The van der Waals surface area contributed by atoms with Gasteiger partial charge in [-0.15, -0.1) is 0 Å². The standard InChI is InChI=1S/C18H18N4O3/c1-2-10-25-16-7-5-14(6-8-16)13-21-22-18(24)17(23)20-12-15-4-3-9-19-11-15/h2-9,11,13H,1,10,12H2,(H,20,23)(H,22,24)/b21-13+. The number of hydrogen-bond donors (Lipinski definition) is 2. The fraction of sp³-hybridized carbons (Fsp3) is 0.111. The maximum absolute atomic E-state index is 11.7. The Morgan fingerprint density at radius 2 is 2.00 bits per heavy atom. The van der Waals surface area contributed by atoms with E-state index in [2.05, 4.69) is 27.4 Å². The average Bonchev–Trinajstić information content (AvgIpc) is 2.66. The Hall–Kier alpha value is -3.48. The number of carbonyl (C=O) groups is 2. The Bertz CT molecular complexity index is 743. The third kappa shape index (κ3) is 6.26. The van der Waals surface area contributed by atoms with Gasteiger partial charge in [0.25, 0.3) is 0 Å². The number of hydrazone groups is 1. The van der Waals surface area contributed by atoms with Gasteiger partial charge in [-0.05, 0) is 41.5 Å². The molecule has 2 N–H and O–H groups in total. The number of nitrogens with one attached hydrogen (secondary N) is 2. The highest BCUT2D eigenvalue weighted by Gasteiger charge is 2.11. The van der Waals surface area contributed by atoms with E-state index in [1.165, 1.54) is 6.21 Å². The molecule has 0 radical (unpaired) electrons. The lowest BCUT2D eigenvalue weighted by atomic mass is 10.2. The molecule has 0 fully saturated rings. The second kappa shape index (κ2) is 9.61. The molecule has 1 aromatic heterocycles. The molecule has 0 saturated carbocycles. The first-order valence-electron chi connectivity index (χ1n) is 7.53. The molecule has 128 valence electrons. The molecular weight excluding hydrogens is 320 g/mol. The summed E-state index contributed by atoms with van der Waals surface area (Å²) in [6.45, 7) is 4.22. The van der Waals surface area contributed by atoms with Crippen molar-refractivity contribution >= 4 is 18.0 Å². The topological polar surface area (TPSA) is 92.7 Å². The van der Waals surface area contributed by atoms with Crippen LogP contribution in [0.5, 0.6) is 5.75 Å². The van der Waals surface area contributed by atoms with Gasteiger partial charge in [0.1, 0.15) is 12.4 Å². The molecule has 2 aromatic rings. The quantitative estimate of drug-likeness (QED) is 0.345. The van der Waals surface area contributed by atoms with Gasteiger partial charge in [-0.25, -0.2) is 5.43 Å². The van der Waals surface area contributed by atoms with Crippen molar-refractivity contribution in [2.45, 2.75) is 6.54 Å². The number of pyridine rings is 1. The van der Waals surface area contributed by atoms with E-state index < -0.39 is 11.8 Å². The predicted octanol–water partition coefficient (Wildman–Crippen LogP) is 1.41. The summed E-state index contributed by atoms with van der Waals surface area (Å²) in [6.07, 6.45) is 6.33. The van der Waals surface area contributed by atoms with Crippen molar-refractivity contribution in [2.75, 3.05) is 6.61 Å². The SMILES string of the molecule is C=CCOc1ccc(/C=N/NC(=O)C(=O)NCc2cccnc2)cc1. The van der Waals surface area contributed by atoms with Gasteiger partial charge >= 0.3 is 11.8 Å². The minimum absolute atomic E-state index is 0.218. The van der Waals surface area contributed by atoms with Gasteiger partial charge < -0.3 is 10.1 Å². The normalized spacial score (nSPS) is 10.2. The number of hydrogen-bond acceptors (Lipinski definition) is 5. The molecule has 0 aliphatic rings. The fourth-order valence-corrected chi connectivity index (χ4v) is 1.79. The van der Waals surface area contributed by atoms with Crippen molar-refractivity contribution < 1.29 is 14.3 Å².